The van der Waals surface area contributed by atoms with Crippen molar-refractivity contribution in [3.63, 3.8) is 0 Å². The van der Waals surface area contributed by atoms with Crippen LogP contribution in [-0.2, 0) is 16.4 Å². The smallest absolute Gasteiger partial charge is 0.359 e. The Kier molecular flexibility index (Phi) is 8.05. The van der Waals surface area contributed by atoms with E-state index in [1.165, 1.54) is 0 Å². The molecule has 3 N–H and O–H groups in total. The second-order valence-corrected chi connectivity index (χ2v) is 10.7. The summed E-state index contributed by atoms with van der Waals surface area (Å²) < 4.78 is 43.9. The number of amides is 3. The third-order valence-electron chi connectivity index (χ3n) is 6.22. The van der Waals surface area contributed by atoms with Gasteiger partial charge in [0.15, 0.2) is 5.82 Å². The van der Waals surface area contributed by atoms with Gasteiger partial charge in [0, 0.05) is 48.1 Å². The fraction of sp³-hybridized carbons (Fsp3) is 0.385. The highest BCUT2D eigenvalue weighted by Gasteiger charge is 2.33. The molecule has 1 aliphatic heterocycles. The topological polar surface area (TPSA) is 112 Å². The number of halogens is 4. The van der Waals surface area contributed by atoms with Crippen LogP contribution in [0.5, 0.6) is 0 Å². The first-order valence-electron chi connectivity index (χ1n) is 12.2. The predicted molar refractivity (Wildman–Crippen MR) is 142 cm³/mol. The summed E-state index contributed by atoms with van der Waals surface area (Å²) in [5.74, 6) is 0.764. The van der Waals surface area contributed by atoms with Gasteiger partial charge in [-0.1, -0.05) is 37.5 Å². The minimum Gasteiger partial charge on any atom is -0.359 e. The highest BCUT2D eigenvalue weighted by Crippen LogP contribution is 2.35. The monoisotopic (exact) mass is 564 g/mol. The zero-order valence-corrected chi connectivity index (χ0v) is 22.3. The summed E-state index contributed by atoms with van der Waals surface area (Å²) in [6.45, 7) is 6.76. The molecule has 208 valence electrons. The number of pyridine rings is 1. The first-order valence-corrected chi connectivity index (χ1v) is 12.6. The summed E-state index contributed by atoms with van der Waals surface area (Å²) >= 11 is 6.06. The summed E-state index contributed by atoms with van der Waals surface area (Å²) in [7, 11) is 0. The molecule has 0 atom stereocenters. The molecule has 1 fully saturated rings. The first kappa shape index (κ1) is 28.2. The van der Waals surface area contributed by atoms with Crippen molar-refractivity contribution in [3.05, 3.63) is 58.9 Å². The molecule has 0 aliphatic carbocycles. The molecule has 13 heteroatoms. The van der Waals surface area contributed by atoms with Crippen molar-refractivity contribution in [2.24, 2.45) is 5.92 Å². The summed E-state index contributed by atoms with van der Waals surface area (Å²) in [5.41, 5.74) is -0.0686. The van der Waals surface area contributed by atoms with E-state index in [-0.39, 0.29) is 28.1 Å². The number of nitrogens with zero attached hydrogens (tertiary/aromatic N) is 3. The van der Waals surface area contributed by atoms with E-state index in [0.717, 1.165) is 12.3 Å². The summed E-state index contributed by atoms with van der Waals surface area (Å²) in [4.78, 5) is 30.7. The number of benzene rings is 1. The fourth-order valence-electron chi connectivity index (χ4n) is 4.02. The number of nitrogens with one attached hydrogen (secondary N) is 3. The van der Waals surface area contributed by atoms with Crippen molar-refractivity contribution < 1.29 is 27.3 Å². The van der Waals surface area contributed by atoms with Gasteiger partial charge in [-0.05, 0) is 43.2 Å². The predicted octanol–water partition coefficient (Wildman–Crippen LogP) is 6.54. The average Bonchev–Trinajstić information content (AvgIpc) is 3.34. The number of aromatic nitrogens is 2. The molecule has 9 nitrogen and oxygen atoms in total. The number of alkyl halides is 3. The van der Waals surface area contributed by atoms with Gasteiger partial charge in [-0.25, -0.2) is 9.78 Å². The quantitative estimate of drug-likeness (QED) is 0.324. The Bertz CT molecular complexity index is 1330. The third kappa shape index (κ3) is 7.20. The van der Waals surface area contributed by atoms with Crippen molar-refractivity contribution in [1.29, 1.82) is 0 Å². The number of urea groups is 1. The van der Waals surface area contributed by atoms with Gasteiger partial charge in [0.2, 0.25) is 5.91 Å². The molecule has 4 rings (SSSR count). The van der Waals surface area contributed by atoms with Crippen molar-refractivity contribution in [2.75, 3.05) is 33.9 Å². The van der Waals surface area contributed by atoms with E-state index in [4.69, 9.17) is 16.1 Å². The van der Waals surface area contributed by atoms with Gasteiger partial charge in [0.05, 0.1) is 10.6 Å². The molecular formula is C26H28ClF3N6O3. The average molecular weight is 565 g/mol. The molecule has 3 amide bonds. The van der Waals surface area contributed by atoms with Gasteiger partial charge in [-0.3, -0.25) is 10.1 Å². The van der Waals surface area contributed by atoms with E-state index in [9.17, 15) is 22.8 Å². The van der Waals surface area contributed by atoms with Crippen LogP contribution >= 0.6 is 11.6 Å². The Hall–Kier alpha value is -3.80. The first-order chi connectivity index (χ1) is 18.3. The standard InChI is InChI=1S/C26H28ClF3N6O3/c1-25(2,3)20-13-21(35-39-20)34-24(38)33-18-6-4-17(5-7-18)32-23(37)15-8-10-36(11-9-15)22-19(27)12-16(14-31-22)26(28,29)30/h4-7,12-15H,8-11H2,1-3H3,(H,32,37)(H2,33,34,35,38). The molecule has 2 aromatic heterocycles. The maximum Gasteiger partial charge on any atom is 0.417 e. The minimum atomic E-state index is -4.52. The van der Waals surface area contributed by atoms with Crippen LogP contribution in [0.1, 0.15) is 44.9 Å². The lowest BCUT2D eigenvalue weighted by atomic mass is 9.93. The molecule has 39 heavy (non-hydrogen) atoms. The van der Waals surface area contributed by atoms with Gasteiger partial charge in [-0.2, -0.15) is 13.2 Å². The molecular weight excluding hydrogens is 537 g/mol. The van der Waals surface area contributed by atoms with Gasteiger partial charge in [-0.15, -0.1) is 0 Å². The fourth-order valence-corrected chi connectivity index (χ4v) is 4.31. The molecule has 0 unspecified atom stereocenters. The van der Waals surface area contributed by atoms with E-state index < -0.39 is 17.8 Å². The maximum absolute atomic E-state index is 12.9. The number of anilines is 4. The summed E-state index contributed by atoms with van der Waals surface area (Å²) in [6, 6.07) is 8.68. The Morgan fingerprint density at radius 3 is 2.15 bits per heavy atom. The van der Waals surface area contributed by atoms with E-state index in [2.05, 4.69) is 26.1 Å². The van der Waals surface area contributed by atoms with Gasteiger partial charge in [0.1, 0.15) is 11.6 Å². The molecule has 0 saturated carbocycles. The van der Waals surface area contributed by atoms with Crippen molar-refractivity contribution in [3.8, 4) is 0 Å². The lowest BCUT2D eigenvalue weighted by Gasteiger charge is -2.32. The maximum atomic E-state index is 12.9. The van der Waals surface area contributed by atoms with Crippen molar-refractivity contribution in [2.45, 2.75) is 45.2 Å². The van der Waals surface area contributed by atoms with Crippen LogP contribution in [0, 0.1) is 5.92 Å². The number of piperidine rings is 1. The normalized spacial score (nSPS) is 14.7. The molecule has 0 radical (unpaired) electrons. The number of hydrogen-bond acceptors (Lipinski definition) is 6. The molecule has 1 saturated heterocycles. The zero-order chi connectivity index (χ0) is 28.4. The number of carbonyl (C=O) groups is 2. The zero-order valence-electron chi connectivity index (χ0n) is 21.5. The molecule has 3 heterocycles. The van der Waals surface area contributed by atoms with E-state index in [0.29, 0.717) is 48.9 Å². The SMILES string of the molecule is CC(C)(C)c1cc(NC(=O)Nc2ccc(NC(=O)C3CCN(c4ncc(C(F)(F)F)cc4Cl)CC3)cc2)no1. The van der Waals surface area contributed by atoms with Crippen LogP contribution in [0.15, 0.2) is 47.1 Å². The highest BCUT2D eigenvalue weighted by molar-refractivity contribution is 6.33. The third-order valence-corrected chi connectivity index (χ3v) is 6.49. The second-order valence-electron chi connectivity index (χ2n) is 10.3. The largest absolute Gasteiger partial charge is 0.417 e. The van der Waals surface area contributed by atoms with Crippen molar-refractivity contribution in [1.82, 2.24) is 10.1 Å². The number of carbonyl (C=O) groups excluding carboxylic acids is 2. The minimum absolute atomic E-state index is 0.0780. The van der Waals surface area contributed by atoms with Gasteiger partial charge in [0.25, 0.3) is 0 Å². The van der Waals surface area contributed by atoms with Crippen LogP contribution < -0.4 is 20.9 Å². The second kappa shape index (κ2) is 11.1. The molecule has 3 aromatic rings. The van der Waals surface area contributed by atoms with Crippen LogP contribution in [0.25, 0.3) is 0 Å². The summed E-state index contributed by atoms with van der Waals surface area (Å²) in [6.07, 6.45) is -2.78. The van der Waals surface area contributed by atoms with Gasteiger partial charge < -0.3 is 20.1 Å². The van der Waals surface area contributed by atoms with Crippen LogP contribution in [0.2, 0.25) is 5.02 Å². The molecule has 0 spiro atoms. The van der Waals surface area contributed by atoms with E-state index in [1.54, 1.807) is 35.2 Å². The summed E-state index contributed by atoms with van der Waals surface area (Å²) in [5, 5.41) is 11.9. The van der Waals surface area contributed by atoms with Crippen LogP contribution in [-0.4, -0.2) is 35.2 Å². The lowest BCUT2D eigenvalue weighted by Crippen LogP contribution is -2.38. The Balaban J connectivity index is 1.26. The number of hydrogen-bond donors (Lipinski definition) is 3. The van der Waals surface area contributed by atoms with E-state index in [1.807, 2.05) is 20.8 Å². The Morgan fingerprint density at radius 1 is 1.00 bits per heavy atom. The number of rotatable bonds is 5. The van der Waals surface area contributed by atoms with Crippen LogP contribution in [0.3, 0.4) is 0 Å². The van der Waals surface area contributed by atoms with E-state index >= 15 is 0 Å². The van der Waals surface area contributed by atoms with Gasteiger partial charge >= 0.3 is 12.2 Å². The van der Waals surface area contributed by atoms with Crippen molar-refractivity contribution >= 4 is 46.5 Å². The molecule has 0 bridgehead atoms. The van der Waals surface area contributed by atoms with Crippen LogP contribution in [0.4, 0.5) is 41.0 Å². The Morgan fingerprint density at radius 2 is 1.62 bits per heavy atom. The lowest BCUT2D eigenvalue weighted by molar-refractivity contribution is -0.137. The Labute approximate surface area is 228 Å². The molecule has 1 aromatic carbocycles. The highest BCUT2D eigenvalue weighted by atomic mass is 35.5. The molecule has 1 aliphatic rings.